The number of unbranched alkanes of at least 4 members (excludes halogenated alkanes) is 1. The molecule has 0 saturated carbocycles. The number of nitrogens with two attached hydrogens (primary N) is 1. The van der Waals surface area contributed by atoms with Crippen molar-refractivity contribution >= 4 is 5.84 Å². The summed E-state index contributed by atoms with van der Waals surface area (Å²) in [6.07, 6.45) is 2.74. The van der Waals surface area contributed by atoms with Crippen LogP contribution in [0.1, 0.15) is 38.7 Å². The normalized spacial score (nSPS) is 12.4. The first kappa shape index (κ1) is 17.3. The zero-order valence-corrected chi connectivity index (χ0v) is 13.1. The number of nitrogens with zero attached hydrogens (tertiary/aromatic N) is 1. The Morgan fingerprint density at radius 3 is 2.76 bits per heavy atom. The first-order chi connectivity index (χ1) is 9.99. The van der Waals surface area contributed by atoms with E-state index in [-0.39, 0.29) is 11.3 Å². The van der Waals surface area contributed by atoms with Gasteiger partial charge in [-0.05, 0) is 37.0 Å². The standard InChI is InChI=1S/C16H26N2O3/c1-16(2,15(17)18-19)9-4-5-10-21-14-8-6-7-13(11-14)12-20-3/h6-8,11,19H,4-5,9-10,12H2,1-3H3,(H2,17,18). The minimum Gasteiger partial charge on any atom is -0.494 e. The number of hydrogen-bond donors (Lipinski definition) is 2. The van der Waals surface area contributed by atoms with E-state index in [1.165, 1.54) is 0 Å². The van der Waals surface area contributed by atoms with Gasteiger partial charge in [0.25, 0.3) is 0 Å². The Labute approximate surface area is 126 Å². The van der Waals surface area contributed by atoms with Crippen LogP contribution in [0.5, 0.6) is 5.75 Å². The molecule has 0 unspecified atom stereocenters. The second-order valence-electron chi connectivity index (χ2n) is 5.76. The molecule has 21 heavy (non-hydrogen) atoms. The van der Waals surface area contributed by atoms with Crippen molar-refractivity contribution in [3.63, 3.8) is 0 Å². The number of oxime groups is 1. The van der Waals surface area contributed by atoms with E-state index >= 15 is 0 Å². The summed E-state index contributed by atoms with van der Waals surface area (Å²) >= 11 is 0. The van der Waals surface area contributed by atoms with Crippen LogP contribution in [-0.4, -0.2) is 24.8 Å². The van der Waals surface area contributed by atoms with Crippen molar-refractivity contribution in [2.75, 3.05) is 13.7 Å². The van der Waals surface area contributed by atoms with Gasteiger partial charge >= 0.3 is 0 Å². The maximum Gasteiger partial charge on any atom is 0.144 e. The Morgan fingerprint density at radius 2 is 2.10 bits per heavy atom. The predicted molar refractivity (Wildman–Crippen MR) is 83.7 cm³/mol. The van der Waals surface area contributed by atoms with Crippen molar-refractivity contribution < 1.29 is 14.7 Å². The van der Waals surface area contributed by atoms with Crippen LogP contribution in [0.4, 0.5) is 0 Å². The van der Waals surface area contributed by atoms with Gasteiger partial charge in [0.2, 0.25) is 0 Å². The molecule has 3 N–H and O–H groups in total. The van der Waals surface area contributed by atoms with Gasteiger partial charge in [0.05, 0.1) is 13.2 Å². The number of hydrogen-bond acceptors (Lipinski definition) is 4. The highest BCUT2D eigenvalue weighted by Crippen LogP contribution is 2.23. The molecule has 118 valence electrons. The third kappa shape index (κ3) is 6.04. The second-order valence-corrected chi connectivity index (χ2v) is 5.76. The molecule has 0 aliphatic carbocycles. The highest BCUT2D eigenvalue weighted by atomic mass is 16.5. The number of ether oxygens (including phenoxy) is 2. The second kappa shape index (κ2) is 8.52. The van der Waals surface area contributed by atoms with E-state index in [1.807, 2.05) is 38.1 Å². The lowest BCUT2D eigenvalue weighted by atomic mass is 9.86. The summed E-state index contributed by atoms with van der Waals surface area (Å²) in [5.74, 6) is 1.14. The highest BCUT2D eigenvalue weighted by Gasteiger charge is 2.22. The molecule has 0 spiro atoms. The van der Waals surface area contributed by atoms with E-state index in [1.54, 1.807) is 7.11 Å². The molecule has 0 heterocycles. The van der Waals surface area contributed by atoms with Gasteiger partial charge in [-0.15, -0.1) is 0 Å². The maximum absolute atomic E-state index is 8.72. The SMILES string of the molecule is COCc1cccc(OCCCCC(C)(C)/C(N)=N/O)c1. The molecule has 0 aliphatic heterocycles. The van der Waals surface area contributed by atoms with Gasteiger partial charge in [0.1, 0.15) is 11.6 Å². The fraction of sp³-hybridized carbons (Fsp3) is 0.562. The van der Waals surface area contributed by atoms with Crippen LogP contribution in [0.25, 0.3) is 0 Å². The lowest BCUT2D eigenvalue weighted by Gasteiger charge is -2.22. The quantitative estimate of drug-likeness (QED) is 0.241. The smallest absolute Gasteiger partial charge is 0.144 e. The van der Waals surface area contributed by atoms with E-state index < -0.39 is 0 Å². The highest BCUT2D eigenvalue weighted by molar-refractivity contribution is 5.85. The molecule has 0 atom stereocenters. The van der Waals surface area contributed by atoms with Crippen LogP contribution in [0, 0.1) is 5.41 Å². The Morgan fingerprint density at radius 1 is 1.33 bits per heavy atom. The third-order valence-corrected chi connectivity index (χ3v) is 3.48. The molecule has 5 nitrogen and oxygen atoms in total. The molecular formula is C16H26N2O3. The number of rotatable bonds is 9. The molecule has 0 aromatic heterocycles. The number of methoxy groups -OCH3 is 1. The van der Waals surface area contributed by atoms with E-state index in [9.17, 15) is 0 Å². The minimum absolute atomic E-state index is 0.274. The van der Waals surface area contributed by atoms with Crippen molar-refractivity contribution in [3.05, 3.63) is 29.8 Å². The lowest BCUT2D eigenvalue weighted by Crippen LogP contribution is -2.31. The van der Waals surface area contributed by atoms with E-state index in [2.05, 4.69) is 5.16 Å². The molecule has 1 aromatic carbocycles. The van der Waals surface area contributed by atoms with Crippen LogP contribution in [0.2, 0.25) is 0 Å². The molecular weight excluding hydrogens is 268 g/mol. The Hall–Kier alpha value is -1.75. The van der Waals surface area contributed by atoms with E-state index in [4.69, 9.17) is 20.4 Å². The first-order valence-electron chi connectivity index (χ1n) is 7.18. The zero-order valence-electron chi connectivity index (χ0n) is 13.1. The van der Waals surface area contributed by atoms with Gasteiger partial charge < -0.3 is 20.4 Å². The molecule has 0 aliphatic rings. The Balaban J connectivity index is 2.30. The molecule has 0 saturated heterocycles. The van der Waals surface area contributed by atoms with Crippen LogP contribution in [-0.2, 0) is 11.3 Å². The average molecular weight is 294 g/mol. The van der Waals surface area contributed by atoms with Crippen LogP contribution >= 0.6 is 0 Å². The van der Waals surface area contributed by atoms with Gasteiger partial charge in [-0.25, -0.2) is 0 Å². The molecule has 0 bridgehead atoms. The van der Waals surface area contributed by atoms with Crippen LogP contribution in [0.3, 0.4) is 0 Å². The van der Waals surface area contributed by atoms with Gasteiger partial charge in [0.15, 0.2) is 0 Å². The van der Waals surface area contributed by atoms with Crippen molar-refractivity contribution in [3.8, 4) is 5.75 Å². The average Bonchev–Trinajstić information content (AvgIpc) is 2.46. The predicted octanol–water partition coefficient (Wildman–Crippen LogP) is 3.15. The molecule has 0 amide bonds. The largest absolute Gasteiger partial charge is 0.494 e. The van der Waals surface area contributed by atoms with Crippen LogP contribution < -0.4 is 10.5 Å². The summed E-state index contributed by atoms with van der Waals surface area (Å²) in [4.78, 5) is 0. The van der Waals surface area contributed by atoms with Gasteiger partial charge in [0, 0.05) is 12.5 Å². The first-order valence-corrected chi connectivity index (χ1v) is 7.18. The van der Waals surface area contributed by atoms with E-state index in [0.717, 1.165) is 30.6 Å². The fourth-order valence-corrected chi connectivity index (χ4v) is 2.01. The minimum atomic E-state index is -0.285. The molecule has 0 fully saturated rings. The van der Waals surface area contributed by atoms with Crippen molar-refractivity contribution in [1.29, 1.82) is 0 Å². The fourth-order valence-electron chi connectivity index (χ4n) is 2.01. The summed E-state index contributed by atoms with van der Waals surface area (Å²) in [7, 11) is 1.68. The lowest BCUT2D eigenvalue weighted by molar-refractivity contribution is 0.184. The van der Waals surface area contributed by atoms with Crippen molar-refractivity contribution in [1.82, 2.24) is 0 Å². The monoisotopic (exact) mass is 294 g/mol. The summed E-state index contributed by atoms with van der Waals surface area (Å²) in [5.41, 5.74) is 6.47. The summed E-state index contributed by atoms with van der Waals surface area (Å²) in [6.45, 7) is 5.18. The van der Waals surface area contributed by atoms with Crippen molar-refractivity contribution in [2.45, 2.75) is 39.7 Å². The third-order valence-electron chi connectivity index (χ3n) is 3.48. The summed E-state index contributed by atoms with van der Waals surface area (Å²) < 4.78 is 10.8. The molecule has 1 aromatic rings. The Kier molecular flexibility index (Phi) is 7.02. The Bertz CT molecular complexity index is 459. The topological polar surface area (TPSA) is 77.1 Å². The van der Waals surface area contributed by atoms with Gasteiger partial charge in [-0.2, -0.15) is 0 Å². The number of benzene rings is 1. The van der Waals surface area contributed by atoms with Crippen molar-refractivity contribution in [2.24, 2.45) is 16.3 Å². The van der Waals surface area contributed by atoms with Crippen LogP contribution in [0.15, 0.2) is 29.4 Å². The van der Waals surface area contributed by atoms with Gasteiger partial charge in [-0.3, -0.25) is 0 Å². The number of amidine groups is 1. The van der Waals surface area contributed by atoms with E-state index in [0.29, 0.717) is 13.2 Å². The summed E-state index contributed by atoms with van der Waals surface area (Å²) in [6, 6.07) is 7.91. The summed E-state index contributed by atoms with van der Waals surface area (Å²) in [5, 5.41) is 11.8. The maximum atomic E-state index is 8.72. The zero-order chi connectivity index (χ0) is 15.7. The molecule has 0 radical (unpaired) electrons. The molecule has 1 rings (SSSR count). The molecule has 5 heteroatoms. The van der Waals surface area contributed by atoms with Gasteiger partial charge in [-0.1, -0.05) is 31.1 Å².